The highest BCUT2D eigenvalue weighted by molar-refractivity contribution is 5.92. The van der Waals surface area contributed by atoms with Crippen molar-refractivity contribution in [3.8, 4) is 0 Å². The normalized spacial score (nSPS) is 14.1. The Labute approximate surface area is 127 Å². The predicted octanol–water partition coefficient (Wildman–Crippen LogP) is 1.81. The summed E-state index contributed by atoms with van der Waals surface area (Å²) in [5.41, 5.74) is 5.83. The van der Waals surface area contributed by atoms with Crippen molar-refractivity contribution in [1.29, 1.82) is 0 Å². The van der Waals surface area contributed by atoms with Crippen LogP contribution in [0.1, 0.15) is 52.9 Å². The molecule has 1 amide bonds. The molecule has 5 heteroatoms. The molecule has 0 aromatic heterocycles. The second-order valence-electron chi connectivity index (χ2n) is 5.69. The van der Waals surface area contributed by atoms with E-state index < -0.39 is 12.2 Å². The van der Waals surface area contributed by atoms with Crippen LogP contribution in [0.3, 0.4) is 0 Å². The van der Waals surface area contributed by atoms with Gasteiger partial charge in [-0.25, -0.2) is 0 Å². The van der Waals surface area contributed by atoms with E-state index in [1.165, 1.54) is 0 Å². The second kappa shape index (κ2) is 11.3. The van der Waals surface area contributed by atoms with E-state index in [1.807, 2.05) is 12.3 Å². The Bertz CT molecular complexity index is 349. The first-order valence-corrected chi connectivity index (χ1v) is 7.59. The van der Waals surface area contributed by atoms with Crippen LogP contribution in [0.25, 0.3) is 0 Å². The van der Waals surface area contributed by atoms with Gasteiger partial charge in [-0.1, -0.05) is 26.0 Å². The molecule has 0 fully saturated rings. The number of nitrogens with one attached hydrogen (secondary N) is 1. The van der Waals surface area contributed by atoms with Crippen molar-refractivity contribution in [1.82, 2.24) is 5.32 Å². The SMILES string of the molecule is C/C=C(\C/C=C\NC(CCCC(O)O)CC(C)C)C(N)=O. The minimum atomic E-state index is -1.23. The van der Waals surface area contributed by atoms with Crippen molar-refractivity contribution in [2.45, 2.75) is 65.2 Å². The minimum Gasteiger partial charge on any atom is -0.388 e. The lowest BCUT2D eigenvalue weighted by Crippen LogP contribution is -2.26. The van der Waals surface area contributed by atoms with E-state index in [4.69, 9.17) is 15.9 Å². The van der Waals surface area contributed by atoms with Gasteiger partial charge in [0, 0.05) is 11.6 Å². The Balaban J connectivity index is 4.24. The fraction of sp³-hybridized carbons (Fsp3) is 0.688. The number of aliphatic hydroxyl groups is 2. The Morgan fingerprint density at radius 2 is 1.95 bits per heavy atom. The summed E-state index contributed by atoms with van der Waals surface area (Å²) in [6.07, 6.45) is 7.80. The van der Waals surface area contributed by atoms with E-state index >= 15 is 0 Å². The molecular weight excluding hydrogens is 268 g/mol. The molecule has 0 aliphatic rings. The van der Waals surface area contributed by atoms with E-state index in [1.54, 1.807) is 13.0 Å². The quantitative estimate of drug-likeness (QED) is 0.345. The molecule has 0 bridgehead atoms. The number of carbonyl (C=O) groups is 1. The lowest BCUT2D eigenvalue weighted by atomic mass is 9.99. The molecule has 122 valence electrons. The summed E-state index contributed by atoms with van der Waals surface area (Å²) in [6.45, 7) is 6.11. The first-order valence-electron chi connectivity index (χ1n) is 7.59. The summed E-state index contributed by atoms with van der Waals surface area (Å²) < 4.78 is 0. The van der Waals surface area contributed by atoms with Crippen LogP contribution >= 0.6 is 0 Å². The number of nitrogens with two attached hydrogens (primary N) is 1. The fourth-order valence-electron chi connectivity index (χ4n) is 2.14. The van der Waals surface area contributed by atoms with Crippen LogP contribution in [-0.2, 0) is 4.79 Å². The summed E-state index contributed by atoms with van der Waals surface area (Å²) in [4.78, 5) is 11.1. The summed E-state index contributed by atoms with van der Waals surface area (Å²) in [6, 6.07) is 0.294. The van der Waals surface area contributed by atoms with Crippen LogP contribution in [0.2, 0.25) is 0 Å². The highest BCUT2D eigenvalue weighted by Gasteiger charge is 2.10. The second-order valence-corrected chi connectivity index (χ2v) is 5.69. The molecule has 0 aliphatic carbocycles. The van der Waals surface area contributed by atoms with Crippen molar-refractivity contribution in [3.05, 3.63) is 23.9 Å². The number of hydrogen-bond acceptors (Lipinski definition) is 4. The molecule has 0 aromatic rings. The van der Waals surface area contributed by atoms with E-state index in [9.17, 15) is 4.79 Å². The zero-order valence-corrected chi connectivity index (χ0v) is 13.4. The molecule has 21 heavy (non-hydrogen) atoms. The van der Waals surface area contributed by atoms with Crippen molar-refractivity contribution < 1.29 is 15.0 Å². The highest BCUT2D eigenvalue weighted by Crippen LogP contribution is 2.12. The van der Waals surface area contributed by atoms with Crippen LogP contribution < -0.4 is 11.1 Å². The van der Waals surface area contributed by atoms with E-state index in [2.05, 4.69) is 19.2 Å². The highest BCUT2D eigenvalue weighted by atomic mass is 16.5. The van der Waals surface area contributed by atoms with Crippen molar-refractivity contribution in [2.24, 2.45) is 11.7 Å². The van der Waals surface area contributed by atoms with Gasteiger partial charge in [-0.2, -0.15) is 0 Å². The Morgan fingerprint density at radius 3 is 2.43 bits per heavy atom. The van der Waals surface area contributed by atoms with Gasteiger partial charge in [-0.3, -0.25) is 4.79 Å². The first kappa shape index (κ1) is 19.7. The number of rotatable bonds is 11. The summed E-state index contributed by atoms with van der Waals surface area (Å²) in [5, 5.41) is 21.1. The molecule has 5 N–H and O–H groups in total. The monoisotopic (exact) mass is 298 g/mol. The number of allylic oxidation sites excluding steroid dienone is 2. The molecule has 0 aliphatic heterocycles. The largest absolute Gasteiger partial charge is 0.388 e. The van der Waals surface area contributed by atoms with E-state index in [0.29, 0.717) is 30.4 Å². The van der Waals surface area contributed by atoms with Gasteiger partial charge >= 0.3 is 0 Å². The van der Waals surface area contributed by atoms with E-state index in [-0.39, 0.29) is 0 Å². The smallest absolute Gasteiger partial charge is 0.244 e. The maximum atomic E-state index is 11.1. The first-order chi connectivity index (χ1) is 9.86. The van der Waals surface area contributed by atoms with E-state index in [0.717, 1.165) is 19.3 Å². The number of amides is 1. The predicted molar refractivity (Wildman–Crippen MR) is 85.2 cm³/mol. The minimum absolute atomic E-state index is 0.294. The van der Waals surface area contributed by atoms with Crippen molar-refractivity contribution in [2.75, 3.05) is 0 Å². The molecule has 1 atom stereocenters. The van der Waals surface area contributed by atoms with Gasteiger partial charge in [0.05, 0.1) is 0 Å². The lowest BCUT2D eigenvalue weighted by molar-refractivity contribution is -0.114. The van der Waals surface area contributed by atoms with Gasteiger partial charge in [0.2, 0.25) is 5.91 Å². The third-order valence-corrected chi connectivity index (χ3v) is 3.22. The van der Waals surface area contributed by atoms with Gasteiger partial charge in [0.1, 0.15) is 0 Å². The third kappa shape index (κ3) is 11.0. The molecule has 0 saturated heterocycles. The van der Waals surface area contributed by atoms with Crippen LogP contribution in [0.15, 0.2) is 23.9 Å². The molecule has 0 spiro atoms. The van der Waals surface area contributed by atoms with Crippen molar-refractivity contribution >= 4 is 5.91 Å². The average Bonchev–Trinajstić information content (AvgIpc) is 2.36. The number of primary amides is 1. The number of hydrogen-bond donors (Lipinski definition) is 4. The van der Waals surface area contributed by atoms with Crippen LogP contribution in [-0.4, -0.2) is 28.5 Å². The molecule has 5 nitrogen and oxygen atoms in total. The fourth-order valence-corrected chi connectivity index (χ4v) is 2.14. The number of carbonyl (C=O) groups excluding carboxylic acids is 1. The van der Waals surface area contributed by atoms with Gasteiger partial charge < -0.3 is 21.3 Å². The lowest BCUT2D eigenvalue weighted by Gasteiger charge is -2.19. The molecule has 0 radical (unpaired) electrons. The standard InChI is InChI=1S/C16H30N2O3/c1-4-13(16(17)21)7-6-10-18-14(11-12(2)3)8-5-9-15(19)20/h4,6,10,12,14-15,18-20H,5,7-9,11H2,1-3H3,(H2,17,21)/b10-6-,13-4+. The Morgan fingerprint density at radius 1 is 1.29 bits per heavy atom. The van der Waals surface area contributed by atoms with Crippen LogP contribution in [0, 0.1) is 5.92 Å². The molecule has 0 heterocycles. The topological polar surface area (TPSA) is 95.6 Å². The van der Waals surface area contributed by atoms with Gasteiger partial charge in [0.15, 0.2) is 6.29 Å². The summed E-state index contributed by atoms with van der Waals surface area (Å²) in [7, 11) is 0. The summed E-state index contributed by atoms with van der Waals surface area (Å²) >= 11 is 0. The van der Waals surface area contributed by atoms with Crippen LogP contribution in [0.4, 0.5) is 0 Å². The number of aliphatic hydroxyl groups excluding tert-OH is 1. The molecular formula is C16H30N2O3. The van der Waals surface area contributed by atoms with Crippen molar-refractivity contribution in [3.63, 3.8) is 0 Å². The van der Waals surface area contributed by atoms with Crippen LogP contribution in [0.5, 0.6) is 0 Å². The Hall–Kier alpha value is -1.33. The Kier molecular flexibility index (Phi) is 10.6. The molecule has 0 saturated carbocycles. The zero-order chi connectivity index (χ0) is 16.3. The maximum absolute atomic E-state index is 11.1. The average molecular weight is 298 g/mol. The molecule has 0 rings (SSSR count). The molecule has 0 aromatic carbocycles. The van der Waals surface area contributed by atoms with Gasteiger partial charge in [-0.05, 0) is 51.1 Å². The zero-order valence-electron chi connectivity index (χ0n) is 13.4. The van der Waals surface area contributed by atoms with Gasteiger partial charge in [0.25, 0.3) is 0 Å². The van der Waals surface area contributed by atoms with Gasteiger partial charge in [-0.15, -0.1) is 0 Å². The molecule has 1 unspecified atom stereocenters. The maximum Gasteiger partial charge on any atom is 0.244 e. The third-order valence-electron chi connectivity index (χ3n) is 3.22. The summed E-state index contributed by atoms with van der Waals surface area (Å²) in [5.74, 6) is 0.171.